The van der Waals surface area contributed by atoms with Gasteiger partial charge in [0.15, 0.2) is 5.11 Å². The number of thiocarbonyl (C=S) groups is 1. The summed E-state index contributed by atoms with van der Waals surface area (Å²) in [6.45, 7) is 10.5. The Labute approximate surface area is 208 Å². The van der Waals surface area contributed by atoms with E-state index in [2.05, 4.69) is 78.9 Å². The van der Waals surface area contributed by atoms with Gasteiger partial charge in [-0.05, 0) is 87.1 Å². The number of hydrogen-bond donors (Lipinski definition) is 1. The number of hydrogen-bond acceptors (Lipinski definition) is 3. The van der Waals surface area contributed by atoms with Gasteiger partial charge in [-0.2, -0.15) is 0 Å². The lowest BCUT2D eigenvalue weighted by molar-refractivity contribution is 0.0842. The molecule has 0 unspecified atom stereocenters. The number of nitrogens with one attached hydrogen (secondary N) is 1. The molecule has 5 rings (SSSR count). The number of nitrogens with zero attached hydrogens (tertiary/aromatic N) is 3. The predicted octanol–water partition coefficient (Wildman–Crippen LogP) is 5.51. The second-order valence-corrected chi connectivity index (χ2v) is 9.90. The summed E-state index contributed by atoms with van der Waals surface area (Å²) in [5.74, 6) is 0. The third-order valence-electron chi connectivity index (χ3n) is 7.34. The Bertz CT molecular complexity index is 1180. The van der Waals surface area contributed by atoms with E-state index in [4.69, 9.17) is 21.9 Å². The molecule has 0 bridgehead atoms. The smallest absolute Gasteiger partial charge is 0.170 e. The molecule has 4 heterocycles. The number of pyridine rings is 1. The molecule has 0 saturated carbocycles. The van der Waals surface area contributed by atoms with E-state index in [0.717, 1.165) is 43.2 Å². The number of aryl methyl sites for hydroxylation is 3. The van der Waals surface area contributed by atoms with Crippen molar-refractivity contribution in [2.75, 3.05) is 13.2 Å². The zero-order chi connectivity index (χ0) is 23.8. The van der Waals surface area contributed by atoms with Crippen molar-refractivity contribution in [1.29, 1.82) is 0 Å². The van der Waals surface area contributed by atoms with Gasteiger partial charge in [-0.3, -0.25) is 4.98 Å². The van der Waals surface area contributed by atoms with E-state index in [1.165, 1.54) is 33.8 Å². The van der Waals surface area contributed by atoms with E-state index < -0.39 is 0 Å². The highest BCUT2D eigenvalue weighted by molar-refractivity contribution is 7.80. The van der Waals surface area contributed by atoms with Crippen LogP contribution in [0.4, 0.5) is 0 Å². The van der Waals surface area contributed by atoms with Gasteiger partial charge in [-0.1, -0.05) is 31.2 Å². The number of ether oxygens (including phenoxy) is 1. The van der Waals surface area contributed by atoms with Gasteiger partial charge in [-0.15, -0.1) is 0 Å². The third-order valence-corrected chi connectivity index (χ3v) is 7.69. The summed E-state index contributed by atoms with van der Waals surface area (Å²) >= 11 is 5.89. The zero-order valence-corrected chi connectivity index (χ0v) is 21.4. The molecule has 2 aromatic heterocycles. The maximum Gasteiger partial charge on any atom is 0.170 e. The average Bonchev–Trinajstić information content (AvgIpc) is 3.54. The van der Waals surface area contributed by atoms with Crippen molar-refractivity contribution < 1.29 is 4.74 Å². The lowest BCUT2D eigenvalue weighted by atomic mass is 9.96. The molecule has 2 fully saturated rings. The van der Waals surface area contributed by atoms with Gasteiger partial charge in [-0.25, -0.2) is 0 Å². The van der Waals surface area contributed by atoms with Crippen LogP contribution in [0, 0.1) is 20.8 Å². The minimum Gasteiger partial charge on any atom is -0.376 e. The van der Waals surface area contributed by atoms with Gasteiger partial charge in [0.05, 0.1) is 29.6 Å². The molecule has 5 nitrogen and oxygen atoms in total. The summed E-state index contributed by atoms with van der Waals surface area (Å²) in [6.07, 6.45) is 5.29. The molecule has 3 atom stereocenters. The molecule has 0 aliphatic carbocycles. The SMILES string of the molecule is CCc1cccc(C)c1-n1c(C)cc([C@@H]2[C@@H](c3ccccn3)NC(=S)N2C[C@@H]2CCCO2)c1C. The molecule has 3 aromatic rings. The zero-order valence-electron chi connectivity index (χ0n) is 20.5. The molecule has 2 aliphatic rings. The van der Waals surface area contributed by atoms with Crippen LogP contribution in [0.25, 0.3) is 5.69 Å². The third kappa shape index (κ3) is 4.03. The van der Waals surface area contributed by atoms with E-state index in [9.17, 15) is 0 Å². The first-order chi connectivity index (χ1) is 16.5. The van der Waals surface area contributed by atoms with Gasteiger partial charge >= 0.3 is 0 Å². The van der Waals surface area contributed by atoms with Crippen molar-refractivity contribution in [2.45, 2.75) is 65.1 Å². The van der Waals surface area contributed by atoms with Gasteiger partial charge in [0.1, 0.15) is 0 Å². The van der Waals surface area contributed by atoms with Gasteiger partial charge in [0, 0.05) is 30.7 Å². The van der Waals surface area contributed by atoms with Crippen LogP contribution in [0.1, 0.15) is 65.6 Å². The molecule has 1 aromatic carbocycles. The molecule has 1 N–H and O–H groups in total. The highest BCUT2D eigenvalue weighted by Gasteiger charge is 2.42. The van der Waals surface area contributed by atoms with Gasteiger partial charge in [0.25, 0.3) is 0 Å². The van der Waals surface area contributed by atoms with Crippen LogP contribution in [-0.4, -0.2) is 38.8 Å². The summed E-state index contributed by atoms with van der Waals surface area (Å²) < 4.78 is 8.45. The largest absolute Gasteiger partial charge is 0.376 e. The van der Waals surface area contributed by atoms with Crippen molar-refractivity contribution in [3.05, 3.63) is 82.4 Å². The number of rotatable bonds is 6. The van der Waals surface area contributed by atoms with Crippen molar-refractivity contribution in [3.63, 3.8) is 0 Å². The minimum atomic E-state index is -0.00781. The van der Waals surface area contributed by atoms with Gasteiger partial charge in [0.2, 0.25) is 0 Å². The quantitative estimate of drug-likeness (QED) is 0.477. The summed E-state index contributed by atoms with van der Waals surface area (Å²) in [6, 6.07) is 15.1. The molecule has 6 heteroatoms. The Morgan fingerprint density at radius 3 is 2.71 bits per heavy atom. The second kappa shape index (κ2) is 9.51. The van der Waals surface area contributed by atoms with E-state index >= 15 is 0 Å². The lowest BCUT2D eigenvalue weighted by Gasteiger charge is -2.30. The second-order valence-electron chi connectivity index (χ2n) is 9.51. The number of benzene rings is 1. The molecule has 2 saturated heterocycles. The Morgan fingerprint density at radius 1 is 1.15 bits per heavy atom. The maximum absolute atomic E-state index is 6.01. The topological polar surface area (TPSA) is 42.3 Å². The molecule has 2 aliphatic heterocycles. The molecule has 178 valence electrons. The van der Waals surface area contributed by atoms with Crippen molar-refractivity contribution in [1.82, 2.24) is 19.8 Å². The lowest BCUT2D eigenvalue weighted by Crippen LogP contribution is -2.36. The molecule has 0 spiro atoms. The van der Waals surface area contributed by atoms with Crippen LogP contribution >= 0.6 is 12.2 Å². The van der Waals surface area contributed by atoms with Gasteiger partial charge < -0.3 is 19.5 Å². The Hall–Kier alpha value is -2.70. The van der Waals surface area contributed by atoms with Crippen LogP contribution < -0.4 is 5.32 Å². The van der Waals surface area contributed by atoms with Crippen LogP contribution in [0.15, 0.2) is 48.7 Å². The van der Waals surface area contributed by atoms with Crippen molar-refractivity contribution >= 4 is 17.3 Å². The van der Waals surface area contributed by atoms with Crippen LogP contribution in [0.5, 0.6) is 0 Å². The fourth-order valence-electron chi connectivity index (χ4n) is 5.70. The maximum atomic E-state index is 6.01. The minimum absolute atomic E-state index is 0.00781. The normalized spacial score (nSPS) is 22.4. The summed E-state index contributed by atoms with van der Waals surface area (Å²) in [7, 11) is 0. The van der Waals surface area contributed by atoms with E-state index in [0.29, 0.717) is 0 Å². The standard InChI is InChI=1S/C28H34N4OS/c1-5-21-11-8-10-18(2)26(21)32-19(3)16-23(20(32)4)27-25(24-13-6-7-14-29-24)30-28(34)31(27)17-22-12-9-15-33-22/h6-8,10-11,13-14,16,22,25,27H,5,9,12,15,17H2,1-4H3,(H,30,34)/t22-,25+,27+/m0/s1. The van der Waals surface area contributed by atoms with Crippen LogP contribution in [-0.2, 0) is 11.2 Å². The first kappa shape index (κ1) is 23.1. The summed E-state index contributed by atoms with van der Waals surface area (Å²) in [5, 5.41) is 4.39. The average molecular weight is 475 g/mol. The highest BCUT2D eigenvalue weighted by Crippen LogP contribution is 2.42. The fraction of sp³-hybridized carbons (Fsp3) is 0.429. The Morgan fingerprint density at radius 2 is 2.00 bits per heavy atom. The van der Waals surface area contributed by atoms with Crippen molar-refractivity contribution in [3.8, 4) is 5.69 Å². The summed E-state index contributed by atoms with van der Waals surface area (Å²) in [4.78, 5) is 7.05. The first-order valence-electron chi connectivity index (χ1n) is 12.4. The number of aromatic nitrogens is 2. The monoisotopic (exact) mass is 474 g/mol. The Balaban J connectivity index is 1.63. The molecule has 34 heavy (non-hydrogen) atoms. The molecule has 0 amide bonds. The van der Waals surface area contributed by atoms with E-state index in [1.54, 1.807) is 0 Å². The van der Waals surface area contributed by atoms with E-state index in [-0.39, 0.29) is 18.2 Å². The van der Waals surface area contributed by atoms with Crippen molar-refractivity contribution in [2.24, 2.45) is 0 Å². The molecular formula is C28H34N4OS. The number of para-hydroxylation sites is 1. The van der Waals surface area contributed by atoms with E-state index in [1.807, 2.05) is 12.3 Å². The van der Waals surface area contributed by atoms with Crippen LogP contribution in [0.2, 0.25) is 0 Å². The fourth-order valence-corrected chi connectivity index (χ4v) is 6.02. The molecule has 0 radical (unpaired) electrons. The molecular weight excluding hydrogens is 440 g/mol. The summed E-state index contributed by atoms with van der Waals surface area (Å²) in [5.41, 5.74) is 8.78. The first-order valence-corrected chi connectivity index (χ1v) is 12.8. The predicted molar refractivity (Wildman–Crippen MR) is 140 cm³/mol. The Kier molecular flexibility index (Phi) is 6.45. The van der Waals surface area contributed by atoms with Crippen LogP contribution in [0.3, 0.4) is 0 Å². The highest BCUT2D eigenvalue weighted by atomic mass is 32.1.